The van der Waals surface area contributed by atoms with Gasteiger partial charge in [-0.25, -0.2) is 9.97 Å². The first-order valence-corrected chi connectivity index (χ1v) is 7.15. The van der Waals surface area contributed by atoms with Gasteiger partial charge in [-0.2, -0.15) is 0 Å². The molecule has 0 amide bonds. The maximum absolute atomic E-state index is 4.56. The molecule has 3 rings (SSSR count). The minimum Gasteiger partial charge on any atom is -0.334 e. The Hall–Kier alpha value is -0.430. The smallest absolute Gasteiger partial charge is 0.226 e. The number of alkyl halides is 1. The summed E-state index contributed by atoms with van der Waals surface area (Å²) in [4.78, 5) is 11.5. The van der Waals surface area contributed by atoms with Crippen LogP contribution in [0.25, 0.3) is 0 Å². The molecule has 2 fully saturated rings. The van der Waals surface area contributed by atoms with Gasteiger partial charge in [0.2, 0.25) is 5.95 Å². The zero-order valence-electron chi connectivity index (χ0n) is 10.2. The summed E-state index contributed by atoms with van der Waals surface area (Å²) in [5, 5.41) is 3.47. The molecule has 3 heterocycles. The number of hydrogen-bond donors (Lipinski definition) is 1. The molecule has 0 aliphatic carbocycles. The maximum atomic E-state index is 4.56. The van der Waals surface area contributed by atoms with Gasteiger partial charge in [-0.3, -0.25) is 0 Å². The molecule has 1 aromatic heterocycles. The van der Waals surface area contributed by atoms with Crippen LogP contribution in [0.4, 0.5) is 5.95 Å². The average Bonchev–Trinajstić information content (AvgIpc) is 2.22. The summed E-state index contributed by atoms with van der Waals surface area (Å²) < 4.78 is 0.435. The number of nitrogens with one attached hydrogen (secondary N) is 1. The molecule has 2 aliphatic rings. The predicted molar refractivity (Wildman–Crippen MR) is 76.9 cm³/mol. The number of aryl methyl sites for hydroxylation is 2. The highest BCUT2D eigenvalue weighted by Crippen LogP contribution is 2.43. The molecule has 17 heavy (non-hydrogen) atoms. The summed E-state index contributed by atoms with van der Waals surface area (Å²) >= 11 is 2.63. The van der Waals surface area contributed by atoms with E-state index in [1.165, 1.54) is 6.42 Å². The van der Waals surface area contributed by atoms with E-state index >= 15 is 0 Å². The molecule has 2 saturated heterocycles. The van der Waals surface area contributed by atoms with Gasteiger partial charge < -0.3 is 10.2 Å². The molecular formula is C12H17IN4. The third-order valence-electron chi connectivity index (χ3n) is 3.69. The second-order valence-electron chi connectivity index (χ2n) is 5.08. The van der Waals surface area contributed by atoms with Crippen molar-refractivity contribution in [2.24, 2.45) is 0 Å². The first-order chi connectivity index (χ1) is 8.08. The minimum atomic E-state index is 0.435. The Bertz CT molecular complexity index is 430. The molecular weight excluding hydrogens is 327 g/mol. The van der Waals surface area contributed by atoms with Gasteiger partial charge >= 0.3 is 0 Å². The number of anilines is 1. The lowest BCUT2D eigenvalue weighted by molar-refractivity contribution is 0.277. The van der Waals surface area contributed by atoms with E-state index in [1.54, 1.807) is 0 Å². The van der Waals surface area contributed by atoms with E-state index in [1.807, 2.05) is 19.9 Å². The monoisotopic (exact) mass is 344 g/mol. The molecule has 0 saturated carbocycles. The molecule has 0 unspecified atom stereocenters. The van der Waals surface area contributed by atoms with E-state index in [0.29, 0.717) is 9.46 Å². The average molecular weight is 344 g/mol. The van der Waals surface area contributed by atoms with Crippen LogP contribution in [0.15, 0.2) is 6.07 Å². The zero-order chi connectivity index (χ0) is 12.0. The van der Waals surface area contributed by atoms with E-state index in [4.69, 9.17) is 0 Å². The lowest BCUT2D eigenvalue weighted by Gasteiger charge is -2.57. The Morgan fingerprint density at radius 2 is 2.12 bits per heavy atom. The van der Waals surface area contributed by atoms with Crippen LogP contribution in [0.1, 0.15) is 17.8 Å². The summed E-state index contributed by atoms with van der Waals surface area (Å²) in [7, 11) is 0. The van der Waals surface area contributed by atoms with Crippen LogP contribution < -0.4 is 10.2 Å². The van der Waals surface area contributed by atoms with E-state index in [9.17, 15) is 0 Å². The third kappa shape index (κ3) is 1.93. The standard InChI is InChI=1S/C12H17IN4/c1-8-5-9(2)16-11(15-8)17-7-12(13)3-4-14-6-10(12)17/h5,10,14H,3-4,6-7H2,1-2H3/t10-,12+/m0/s1. The van der Waals surface area contributed by atoms with Crippen molar-refractivity contribution in [3.63, 3.8) is 0 Å². The van der Waals surface area contributed by atoms with Gasteiger partial charge in [0.15, 0.2) is 0 Å². The van der Waals surface area contributed by atoms with E-state index in [0.717, 1.165) is 37.0 Å². The fourth-order valence-corrected chi connectivity index (χ4v) is 3.98. The summed E-state index contributed by atoms with van der Waals surface area (Å²) in [6.07, 6.45) is 1.25. The van der Waals surface area contributed by atoms with Crippen molar-refractivity contribution in [2.75, 3.05) is 24.5 Å². The molecule has 1 N–H and O–H groups in total. The van der Waals surface area contributed by atoms with Crippen molar-refractivity contribution in [3.8, 4) is 0 Å². The fourth-order valence-electron chi connectivity index (χ4n) is 2.79. The molecule has 4 nitrogen and oxygen atoms in total. The van der Waals surface area contributed by atoms with Gasteiger partial charge in [-0.1, -0.05) is 22.6 Å². The Morgan fingerprint density at radius 3 is 2.76 bits per heavy atom. The minimum absolute atomic E-state index is 0.435. The zero-order valence-corrected chi connectivity index (χ0v) is 12.4. The van der Waals surface area contributed by atoms with Gasteiger partial charge in [-0.15, -0.1) is 0 Å². The number of rotatable bonds is 1. The van der Waals surface area contributed by atoms with Gasteiger partial charge in [0.1, 0.15) is 0 Å². The molecule has 2 aliphatic heterocycles. The van der Waals surface area contributed by atoms with Crippen LogP contribution in [0, 0.1) is 13.8 Å². The van der Waals surface area contributed by atoms with E-state index < -0.39 is 0 Å². The Balaban J connectivity index is 1.86. The second kappa shape index (κ2) is 4.05. The summed E-state index contributed by atoms with van der Waals surface area (Å²) in [6, 6.07) is 2.58. The number of hydrogen-bond acceptors (Lipinski definition) is 4. The number of piperidine rings is 1. The lowest BCUT2D eigenvalue weighted by atomic mass is 9.83. The predicted octanol–water partition coefficient (Wildman–Crippen LogP) is 1.45. The molecule has 2 atom stereocenters. The third-order valence-corrected chi connectivity index (χ3v) is 5.29. The van der Waals surface area contributed by atoms with Crippen molar-refractivity contribution < 1.29 is 0 Å². The largest absolute Gasteiger partial charge is 0.334 e. The van der Waals surface area contributed by atoms with E-state index in [-0.39, 0.29) is 0 Å². The Morgan fingerprint density at radius 1 is 1.41 bits per heavy atom. The van der Waals surface area contributed by atoms with Crippen LogP contribution in [-0.4, -0.2) is 39.1 Å². The highest BCUT2D eigenvalue weighted by Gasteiger charge is 2.52. The number of halogens is 1. The number of aromatic nitrogens is 2. The van der Waals surface area contributed by atoms with Gasteiger partial charge in [0.05, 0.1) is 9.46 Å². The molecule has 5 heteroatoms. The van der Waals surface area contributed by atoms with Gasteiger partial charge in [-0.05, 0) is 32.9 Å². The maximum Gasteiger partial charge on any atom is 0.226 e. The first-order valence-electron chi connectivity index (χ1n) is 6.07. The van der Waals surface area contributed by atoms with Crippen molar-refractivity contribution in [3.05, 3.63) is 17.5 Å². The molecule has 0 radical (unpaired) electrons. The van der Waals surface area contributed by atoms with Crippen LogP contribution in [0.3, 0.4) is 0 Å². The SMILES string of the molecule is Cc1cc(C)nc(N2C[C@]3(I)CCNC[C@H]23)n1. The van der Waals surface area contributed by atoms with Crippen LogP contribution >= 0.6 is 22.6 Å². The molecule has 92 valence electrons. The van der Waals surface area contributed by atoms with Gasteiger partial charge in [0, 0.05) is 24.5 Å². The van der Waals surface area contributed by atoms with Crippen molar-refractivity contribution >= 4 is 28.5 Å². The van der Waals surface area contributed by atoms with Crippen molar-refractivity contribution in [2.45, 2.75) is 29.7 Å². The van der Waals surface area contributed by atoms with Gasteiger partial charge in [0.25, 0.3) is 0 Å². The van der Waals surface area contributed by atoms with Crippen molar-refractivity contribution in [1.82, 2.24) is 15.3 Å². The fraction of sp³-hybridized carbons (Fsp3) is 0.667. The summed E-state index contributed by atoms with van der Waals surface area (Å²) in [5.41, 5.74) is 2.12. The molecule has 0 spiro atoms. The topological polar surface area (TPSA) is 41.1 Å². The van der Waals surface area contributed by atoms with Crippen LogP contribution in [0.5, 0.6) is 0 Å². The summed E-state index contributed by atoms with van der Waals surface area (Å²) in [6.45, 7) is 7.35. The highest BCUT2D eigenvalue weighted by atomic mass is 127. The normalized spacial score (nSPS) is 31.9. The number of nitrogens with zero attached hydrogens (tertiary/aromatic N) is 3. The lowest BCUT2D eigenvalue weighted by Crippen LogP contribution is -2.73. The van der Waals surface area contributed by atoms with Crippen molar-refractivity contribution in [1.29, 1.82) is 0 Å². The molecule has 1 aromatic rings. The Labute approximate surface area is 115 Å². The molecule has 0 bridgehead atoms. The first kappa shape index (κ1) is 11.6. The number of fused-ring (bicyclic) bond motifs is 1. The second-order valence-corrected chi connectivity index (χ2v) is 7.23. The van der Waals surface area contributed by atoms with Crippen LogP contribution in [0.2, 0.25) is 0 Å². The highest BCUT2D eigenvalue weighted by molar-refractivity contribution is 14.1. The van der Waals surface area contributed by atoms with Crippen LogP contribution in [-0.2, 0) is 0 Å². The quantitative estimate of drug-likeness (QED) is 0.619. The summed E-state index contributed by atoms with van der Waals surface area (Å²) in [5.74, 6) is 0.906. The molecule has 0 aromatic carbocycles. The van der Waals surface area contributed by atoms with E-state index in [2.05, 4.69) is 42.8 Å². The Kier molecular flexibility index (Phi) is 2.77.